The van der Waals surface area contributed by atoms with Crippen molar-refractivity contribution in [2.75, 3.05) is 11.2 Å². The third kappa shape index (κ3) is 2.68. The van der Waals surface area contributed by atoms with Crippen molar-refractivity contribution in [2.24, 2.45) is 5.18 Å². The summed E-state index contributed by atoms with van der Waals surface area (Å²) in [6, 6.07) is 4.41. The van der Waals surface area contributed by atoms with Gasteiger partial charge in [0.05, 0.1) is 5.02 Å². The van der Waals surface area contributed by atoms with E-state index in [1.807, 2.05) is 0 Å². The largest absolute Gasteiger partial charge is 0.325 e. The lowest BCUT2D eigenvalue weighted by atomic mass is 10.3. The van der Waals surface area contributed by atoms with Crippen molar-refractivity contribution in [1.82, 2.24) is 0 Å². The Hall–Kier alpha value is -1.13. The van der Waals surface area contributed by atoms with Gasteiger partial charge in [-0.3, -0.25) is 4.79 Å². The summed E-state index contributed by atoms with van der Waals surface area (Å²) in [4.78, 5) is 21.1. The standard InChI is InChI=1S/C8H6Cl2N2O2/c9-4-8(13)11-5-1-2-6(10)7(3-5)12-14/h1-3H,4H2,(H,11,13). The Labute approximate surface area is 90.2 Å². The first-order chi connectivity index (χ1) is 6.67. The molecule has 1 amide bonds. The fourth-order valence-corrected chi connectivity index (χ4v) is 1.07. The molecule has 1 N–H and O–H groups in total. The fraction of sp³-hybridized carbons (Fsp3) is 0.125. The second-order valence-corrected chi connectivity index (χ2v) is 3.11. The van der Waals surface area contributed by atoms with Crippen molar-refractivity contribution in [1.29, 1.82) is 0 Å². The van der Waals surface area contributed by atoms with E-state index in [4.69, 9.17) is 23.2 Å². The van der Waals surface area contributed by atoms with Crippen LogP contribution < -0.4 is 5.32 Å². The third-order valence-corrected chi connectivity index (χ3v) is 2.01. The van der Waals surface area contributed by atoms with Gasteiger partial charge >= 0.3 is 0 Å². The van der Waals surface area contributed by atoms with Crippen molar-refractivity contribution < 1.29 is 4.79 Å². The van der Waals surface area contributed by atoms with E-state index in [1.165, 1.54) is 12.1 Å². The molecule has 0 aliphatic carbocycles. The van der Waals surface area contributed by atoms with E-state index in [1.54, 1.807) is 6.07 Å². The summed E-state index contributed by atoms with van der Waals surface area (Å²) < 4.78 is 0. The molecule has 1 rings (SSSR count). The number of halogens is 2. The Kier molecular flexibility index (Phi) is 3.85. The SMILES string of the molecule is O=Nc1cc(NC(=O)CCl)ccc1Cl. The van der Waals surface area contributed by atoms with Crippen LogP contribution in [0.5, 0.6) is 0 Å². The number of amides is 1. The quantitative estimate of drug-likeness (QED) is 0.644. The van der Waals surface area contributed by atoms with Crippen LogP contribution in [0.2, 0.25) is 5.02 Å². The van der Waals surface area contributed by atoms with Crippen LogP contribution in [-0.4, -0.2) is 11.8 Å². The number of nitroso groups, excluding NO2 is 1. The monoisotopic (exact) mass is 232 g/mol. The fourth-order valence-electron chi connectivity index (χ4n) is 0.855. The minimum Gasteiger partial charge on any atom is -0.325 e. The molecule has 0 radical (unpaired) electrons. The maximum Gasteiger partial charge on any atom is 0.239 e. The number of anilines is 1. The zero-order chi connectivity index (χ0) is 10.6. The van der Waals surface area contributed by atoms with Crippen molar-refractivity contribution in [3.8, 4) is 0 Å². The molecule has 0 saturated carbocycles. The maximum atomic E-state index is 10.9. The molecule has 0 heterocycles. The topological polar surface area (TPSA) is 58.5 Å². The minimum atomic E-state index is -0.356. The van der Waals surface area contributed by atoms with Gasteiger partial charge in [-0.15, -0.1) is 16.5 Å². The van der Waals surface area contributed by atoms with Crippen LogP contribution in [0.3, 0.4) is 0 Å². The molecule has 0 unspecified atom stereocenters. The van der Waals surface area contributed by atoms with E-state index < -0.39 is 0 Å². The lowest BCUT2D eigenvalue weighted by molar-refractivity contribution is -0.113. The van der Waals surface area contributed by atoms with E-state index in [0.717, 1.165) is 0 Å². The summed E-state index contributed by atoms with van der Waals surface area (Å²) >= 11 is 10.9. The molecule has 1 aromatic rings. The van der Waals surface area contributed by atoms with E-state index >= 15 is 0 Å². The lowest BCUT2D eigenvalue weighted by Crippen LogP contribution is -2.12. The number of nitrogens with one attached hydrogen (secondary N) is 1. The zero-order valence-corrected chi connectivity index (χ0v) is 8.47. The van der Waals surface area contributed by atoms with Crippen LogP contribution in [0.25, 0.3) is 0 Å². The van der Waals surface area contributed by atoms with Crippen LogP contribution in [-0.2, 0) is 4.79 Å². The van der Waals surface area contributed by atoms with Gasteiger partial charge in [0, 0.05) is 5.69 Å². The van der Waals surface area contributed by atoms with Crippen LogP contribution in [0.15, 0.2) is 23.4 Å². The molecule has 0 aliphatic rings. The molecule has 6 heteroatoms. The summed E-state index contributed by atoms with van der Waals surface area (Å²) in [5.41, 5.74) is 0.522. The van der Waals surface area contributed by atoms with Gasteiger partial charge in [0.2, 0.25) is 5.91 Å². The second-order valence-electron chi connectivity index (χ2n) is 2.44. The number of hydrogen-bond acceptors (Lipinski definition) is 3. The Morgan fingerprint density at radius 2 is 2.21 bits per heavy atom. The first kappa shape index (κ1) is 10.9. The molecule has 14 heavy (non-hydrogen) atoms. The first-order valence-corrected chi connectivity index (χ1v) is 4.57. The Bertz CT molecular complexity index is 368. The molecular formula is C8H6Cl2N2O2. The van der Waals surface area contributed by atoms with E-state index in [0.29, 0.717) is 5.69 Å². The Morgan fingerprint density at radius 1 is 1.50 bits per heavy atom. The second kappa shape index (κ2) is 4.93. The Morgan fingerprint density at radius 3 is 2.79 bits per heavy atom. The molecule has 0 aliphatic heterocycles. The Balaban J connectivity index is 2.89. The van der Waals surface area contributed by atoms with Crippen LogP contribution >= 0.6 is 23.2 Å². The van der Waals surface area contributed by atoms with Gasteiger partial charge in [0.15, 0.2) is 0 Å². The van der Waals surface area contributed by atoms with Gasteiger partial charge in [-0.05, 0) is 23.4 Å². The highest BCUT2D eigenvalue weighted by Crippen LogP contribution is 2.27. The predicted molar refractivity (Wildman–Crippen MR) is 56.3 cm³/mol. The van der Waals surface area contributed by atoms with Gasteiger partial charge in [-0.2, -0.15) is 0 Å². The molecule has 74 valence electrons. The van der Waals surface area contributed by atoms with Gasteiger partial charge < -0.3 is 5.32 Å². The van der Waals surface area contributed by atoms with Gasteiger partial charge in [0.25, 0.3) is 0 Å². The highest BCUT2D eigenvalue weighted by Gasteiger charge is 2.04. The van der Waals surface area contributed by atoms with E-state index in [-0.39, 0.29) is 22.5 Å². The molecule has 0 spiro atoms. The number of alkyl halides is 1. The summed E-state index contributed by atoms with van der Waals surface area (Å²) in [6.07, 6.45) is 0. The summed E-state index contributed by atoms with van der Waals surface area (Å²) in [5.74, 6) is -0.502. The van der Waals surface area contributed by atoms with Crippen LogP contribution in [0.4, 0.5) is 11.4 Å². The molecule has 0 bridgehead atoms. The normalized spacial score (nSPS) is 9.57. The number of benzene rings is 1. The maximum absolute atomic E-state index is 10.9. The summed E-state index contributed by atoms with van der Waals surface area (Å²) in [7, 11) is 0. The van der Waals surface area contributed by atoms with Crippen molar-refractivity contribution in [2.45, 2.75) is 0 Å². The van der Waals surface area contributed by atoms with E-state index in [2.05, 4.69) is 10.5 Å². The number of carbonyl (C=O) groups excluding carboxylic acids is 1. The highest BCUT2D eigenvalue weighted by molar-refractivity contribution is 6.33. The number of carbonyl (C=O) groups is 1. The van der Waals surface area contributed by atoms with Crippen LogP contribution in [0.1, 0.15) is 0 Å². The average Bonchev–Trinajstić information content (AvgIpc) is 2.20. The van der Waals surface area contributed by atoms with Crippen LogP contribution in [0, 0.1) is 4.91 Å². The molecular weight excluding hydrogens is 227 g/mol. The highest BCUT2D eigenvalue weighted by atomic mass is 35.5. The summed E-state index contributed by atoms with van der Waals surface area (Å²) in [5, 5.41) is 5.40. The first-order valence-electron chi connectivity index (χ1n) is 3.66. The zero-order valence-electron chi connectivity index (χ0n) is 6.96. The van der Waals surface area contributed by atoms with Gasteiger partial charge in [-0.1, -0.05) is 11.6 Å². The molecule has 0 fully saturated rings. The number of rotatable bonds is 3. The van der Waals surface area contributed by atoms with Crippen molar-refractivity contribution in [3.05, 3.63) is 28.1 Å². The third-order valence-electron chi connectivity index (χ3n) is 1.45. The van der Waals surface area contributed by atoms with Crippen molar-refractivity contribution >= 4 is 40.5 Å². The van der Waals surface area contributed by atoms with Crippen molar-refractivity contribution in [3.63, 3.8) is 0 Å². The molecule has 0 atom stereocenters. The molecule has 0 saturated heterocycles. The minimum absolute atomic E-state index is 0.0824. The number of nitrogens with zero attached hydrogens (tertiary/aromatic N) is 1. The average molecular weight is 233 g/mol. The lowest BCUT2D eigenvalue weighted by Gasteiger charge is -2.03. The van der Waals surface area contributed by atoms with Gasteiger partial charge in [-0.25, -0.2) is 0 Å². The molecule has 0 aromatic heterocycles. The smallest absolute Gasteiger partial charge is 0.239 e. The van der Waals surface area contributed by atoms with E-state index in [9.17, 15) is 9.70 Å². The molecule has 4 nitrogen and oxygen atoms in total. The predicted octanol–water partition coefficient (Wildman–Crippen LogP) is 2.92. The summed E-state index contributed by atoms with van der Waals surface area (Å²) in [6.45, 7) is 0. The number of hydrogen-bond donors (Lipinski definition) is 1. The van der Waals surface area contributed by atoms with Gasteiger partial charge in [0.1, 0.15) is 11.6 Å². The molecule has 1 aromatic carbocycles.